The topological polar surface area (TPSA) is 32.3 Å². The lowest BCUT2D eigenvalue weighted by atomic mass is 10.1. The van der Waals surface area contributed by atoms with Crippen LogP contribution in [-0.4, -0.2) is 23.8 Å². The van der Waals surface area contributed by atoms with Gasteiger partial charge in [0.1, 0.15) is 0 Å². The van der Waals surface area contributed by atoms with Crippen molar-refractivity contribution in [3.8, 4) is 0 Å². The Labute approximate surface area is 61.0 Å². The molecular weight excluding hydrogens is 138 g/mol. The lowest BCUT2D eigenvalue weighted by molar-refractivity contribution is 0.114. The Balaban J connectivity index is 0.000000405. The molecule has 2 nitrogen and oxygen atoms in total. The van der Waals surface area contributed by atoms with Gasteiger partial charge in [-0.1, -0.05) is 0 Å². The zero-order chi connectivity index (χ0) is 5.61. The molecule has 2 aliphatic rings. The lowest BCUT2D eigenvalue weighted by Gasteiger charge is -2.16. The summed E-state index contributed by atoms with van der Waals surface area (Å²) in [4.78, 5) is 0. The second kappa shape index (κ2) is 2.11. The summed E-state index contributed by atoms with van der Waals surface area (Å²) in [6, 6.07) is 0. The summed E-state index contributed by atoms with van der Waals surface area (Å²) < 4.78 is 0. The molecular formula is C6H12ClNO. The SMILES string of the molecule is Cl.O[C@@]12CNCC[C@H]1C2. The molecule has 0 radical (unpaired) electrons. The van der Waals surface area contributed by atoms with Crippen molar-refractivity contribution in [1.29, 1.82) is 0 Å². The monoisotopic (exact) mass is 149 g/mol. The highest BCUT2D eigenvalue weighted by Crippen LogP contribution is 2.46. The van der Waals surface area contributed by atoms with Crippen LogP contribution in [-0.2, 0) is 0 Å². The van der Waals surface area contributed by atoms with E-state index in [1.807, 2.05) is 0 Å². The summed E-state index contributed by atoms with van der Waals surface area (Å²) in [6.45, 7) is 1.94. The summed E-state index contributed by atoms with van der Waals surface area (Å²) >= 11 is 0. The molecule has 1 aliphatic heterocycles. The Morgan fingerprint density at radius 2 is 2.33 bits per heavy atom. The van der Waals surface area contributed by atoms with E-state index >= 15 is 0 Å². The van der Waals surface area contributed by atoms with E-state index in [2.05, 4.69) is 5.32 Å². The van der Waals surface area contributed by atoms with Crippen molar-refractivity contribution in [1.82, 2.24) is 5.32 Å². The molecule has 1 saturated carbocycles. The molecule has 1 aliphatic carbocycles. The largest absolute Gasteiger partial charge is 0.388 e. The van der Waals surface area contributed by atoms with Crippen LogP contribution in [0.25, 0.3) is 0 Å². The number of fused-ring (bicyclic) bond motifs is 1. The van der Waals surface area contributed by atoms with Gasteiger partial charge in [0, 0.05) is 6.54 Å². The number of hydrogen-bond donors (Lipinski definition) is 2. The van der Waals surface area contributed by atoms with Crippen LogP contribution in [0.5, 0.6) is 0 Å². The summed E-state index contributed by atoms with van der Waals surface area (Å²) in [6.07, 6.45) is 2.22. The lowest BCUT2D eigenvalue weighted by Crippen LogP contribution is -2.35. The van der Waals surface area contributed by atoms with E-state index in [9.17, 15) is 5.11 Å². The molecule has 0 bridgehead atoms. The predicted molar refractivity (Wildman–Crippen MR) is 37.8 cm³/mol. The first-order valence-electron chi connectivity index (χ1n) is 3.24. The van der Waals surface area contributed by atoms with Gasteiger partial charge in [-0.15, -0.1) is 12.4 Å². The van der Waals surface area contributed by atoms with Crippen LogP contribution in [0.2, 0.25) is 0 Å². The van der Waals surface area contributed by atoms with Crippen LogP contribution >= 0.6 is 12.4 Å². The molecule has 2 rings (SSSR count). The predicted octanol–water partition coefficient (Wildman–Crippen LogP) is 0.152. The van der Waals surface area contributed by atoms with Crippen molar-refractivity contribution in [2.24, 2.45) is 5.92 Å². The fourth-order valence-corrected chi connectivity index (χ4v) is 1.54. The minimum absolute atomic E-state index is 0. The molecule has 0 unspecified atom stereocenters. The van der Waals surface area contributed by atoms with E-state index in [1.165, 1.54) is 6.42 Å². The zero-order valence-electron chi connectivity index (χ0n) is 5.26. The van der Waals surface area contributed by atoms with Gasteiger partial charge in [-0.2, -0.15) is 0 Å². The molecule has 2 N–H and O–H groups in total. The van der Waals surface area contributed by atoms with Crippen LogP contribution in [0.1, 0.15) is 12.8 Å². The normalized spacial score (nSPS) is 47.0. The number of piperidine rings is 1. The van der Waals surface area contributed by atoms with Gasteiger partial charge in [-0.25, -0.2) is 0 Å². The van der Waals surface area contributed by atoms with E-state index in [1.54, 1.807) is 0 Å². The maximum Gasteiger partial charge on any atom is 0.0804 e. The Hall–Kier alpha value is 0.210. The maximum absolute atomic E-state index is 9.39. The van der Waals surface area contributed by atoms with E-state index in [-0.39, 0.29) is 18.0 Å². The fraction of sp³-hybridized carbons (Fsp3) is 1.00. The van der Waals surface area contributed by atoms with Gasteiger partial charge in [0.25, 0.3) is 0 Å². The van der Waals surface area contributed by atoms with Gasteiger partial charge in [0.15, 0.2) is 0 Å². The molecule has 9 heavy (non-hydrogen) atoms. The molecule has 1 saturated heterocycles. The zero-order valence-corrected chi connectivity index (χ0v) is 6.08. The third kappa shape index (κ3) is 1.07. The highest BCUT2D eigenvalue weighted by molar-refractivity contribution is 5.85. The number of β-amino-alcohol motifs (C(OH)–C–C–N with tert-alkyl or cyclic N) is 1. The average Bonchev–Trinajstić information content (AvgIpc) is 2.39. The Bertz CT molecular complexity index is 118. The Morgan fingerprint density at radius 3 is 2.78 bits per heavy atom. The number of nitrogens with one attached hydrogen (secondary N) is 1. The number of aliphatic hydroxyl groups is 1. The molecule has 0 spiro atoms. The summed E-state index contributed by atoms with van der Waals surface area (Å²) in [5.74, 6) is 0.642. The smallest absolute Gasteiger partial charge is 0.0804 e. The summed E-state index contributed by atoms with van der Waals surface area (Å²) in [5.41, 5.74) is -0.266. The number of rotatable bonds is 0. The van der Waals surface area contributed by atoms with Crippen LogP contribution in [0.15, 0.2) is 0 Å². The van der Waals surface area contributed by atoms with Gasteiger partial charge in [0.05, 0.1) is 5.60 Å². The van der Waals surface area contributed by atoms with E-state index in [0.717, 1.165) is 19.5 Å². The maximum atomic E-state index is 9.39. The van der Waals surface area contributed by atoms with Crippen molar-refractivity contribution < 1.29 is 5.11 Å². The van der Waals surface area contributed by atoms with Crippen molar-refractivity contribution in [3.05, 3.63) is 0 Å². The second-order valence-electron chi connectivity index (χ2n) is 2.97. The Morgan fingerprint density at radius 1 is 1.56 bits per heavy atom. The number of halogens is 1. The van der Waals surface area contributed by atoms with Gasteiger partial charge in [-0.3, -0.25) is 0 Å². The van der Waals surface area contributed by atoms with Crippen LogP contribution in [0, 0.1) is 5.92 Å². The minimum atomic E-state index is -0.266. The van der Waals surface area contributed by atoms with E-state index in [0.29, 0.717) is 5.92 Å². The highest BCUT2D eigenvalue weighted by atomic mass is 35.5. The molecule has 0 aromatic heterocycles. The molecule has 2 atom stereocenters. The van der Waals surface area contributed by atoms with E-state index < -0.39 is 0 Å². The van der Waals surface area contributed by atoms with Crippen molar-refractivity contribution in [2.75, 3.05) is 13.1 Å². The van der Waals surface area contributed by atoms with Gasteiger partial charge < -0.3 is 10.4 Å². The highest BCUT2D eigenvalue weighted by Gasteiger charge is 2.53. The van der Waals surface area contributed by atoms with Crippen LogP contribution < -0.4 is 5.32 Å². The molecule has 3 heteroatoms. The number of hydrogen-bond acceptors (Lipinski definition) is 2. The first kappa shape index (κ1) is 7.32. The van der Waals surface area contributed by atoms with Gasteiger partial charge in [0.2, 0.25) is 0 Å². The van der Waals surface area contributed by atoms with Gasteiger partial charge in [-0.05, 0) is 25.3 Å². The van der Waals surface area contributed by atoms with Crippen molar-refractivity contribution >= 4 is 12.4 Å². The van der Waals surface area contributed by atoms with Crippen LogP contribution in [0.3, 0.4) is 0 Å². The van der Waals surface area contributed by atoms with E-state index in [4.69, 9.17) is 0 Å². The standard InChI is InChI=1S/C6H11NO.ClH/c8-6-3-5(6)1-2-7-4-6;/h5,7-8H,1-4H2;1H/t5-,6-;/m0./s1. The van der Waals surface area contributed by atoms with Gasteiger partial charge >= 0.3 is 0 Å². The minimum Gasteiger partial charge on any atom is -0.388 e. The third-order valence-corrected chi connectivity index (χ3v) is 2.30. The molecule has 1 heterocycles. The Kier molecular flexibility index (Phi) is 1.72. The summed E-state index contributed by atoms with van der Waals surface area (Å²) in [7, 11) is 0. The van der Waals surface area contributed by atoms with Crippen molar-refractivity contribution in [3.63, 3.8) is 0 Å². The molecule has 2 fully saturated rings. The van der Waals surface area contributed by atoms with Crippen LogP contribution in [0.4, 0.5) is 0 Å². The molecule has 0 aromatic carbocycles. The first-order chi connectivity index (χ1) is 3.81. The summed E-state index contributed by atoms with van der Waals surface area (Å²) in [5, 5.41) is 12.6. The average molecular weight is 150 g/mol. The third-order valence-electron chi connectivity index (χ3n) is 2.30. The first-order valence-corrected chi connectivity index (χ1v) is 3.24. The molecule has 0 aromatic rings. The quantitative estimate of drug-likeness (QED) is 0.514. The molecule has 54 valence electrons. The molecule has 0 amide bonds. The second-order valence-corrected chi connectivity index (χ2v) is 2.97. The van der Waals surface area contributed by atoms with Crippen molar-refractivity contribution in [2.45, 2.75) is 18.4 Å². The fourth-order valence-electron chi connectivity index (χ4n) is 1.54.